The standard InChI is InChI=1S/HNO2.Sc/c2-1-3;/h(H,2,3);/p-1. The van der Waals surface area contributed by atoms with Gasteiger partial charge in [0.05, 0.1) is 0 Å². The first-order valence-electron chi connectivity index (χ1n) is 0.365. The van der Waals surface area contributed by atoms with E-state index in [2.05, 4.69) is 0 Å². The largest absolute Gasteiger partial charge is 0.444 e. The predicted molar refractivity (Wildman–Crippen MR) is 9.16 cm³/mol. The van der Waals surface area contributed by atoms with Crippen molar-refractivity contribution in [1.29, 1.82) is 0 Å². The van der Waals surface area contributed by atoms with Crippen molar-refractivity contribution in [3.8, 4) is 0 Å². The summed E-state index contributed by atoms with van der Waals surface area (Å²) in [5.41, 5.74) is 0. The maximum atomic E-state index is 8.00. The van der Waals surface area contributed by atoms with Crippen LogP contribution < -0.4 is 0 Å². The van der Waals surface area contributed by atoms with Crippen LogP contribution in [0.1, 0.15) is 0 Å². The van der Waals surface area contributed by atoms with Crippen LogP contribution in [0.4, 0.5) is 0 Å². The van der Waals surface area contributed by atoms with Crippen molar-refractivity contribution >= 4 is 0 Å². The monoisotopic (exact) mass is 90.9 g/mol. The zero-order chi connectivity index (χ0) is 2.71. The van der Waals surface area contributed by atoms with Crippen LogP contribution in [0.2, 0.25) is 0 Å². The van der Waals surface area contributed by atoms with Gasteiger partial charge in [-0.25, -0.2) is 0 Å². The molecule has 0 rings (SSSR count). The maximum Gasteiger partial charge on any atom is 0 e. The van der Waals surface area contributed by atoms with Gasteiger partial charge in [0.1, 0.15) is 0 Å². The minimum absolute atomic E-state index is 0. The Morgan fingerprint density at radius 3 is 1.75 bits per heavy atom. The molecule has 4 heavy (non-hydrogen) atoms. The number of rotatable bonds is 0. The van der Waals surface area contributed by atoms with E-state index in [1.54, 1.807) is 0 Å². The van der Waals surface area contributed by atoms with Crippen molar-refractivity contribution in [3.05, 3.63) is 10.1 Å². The van der Waals surface area contributed by atoms with Crippen LogP contribution in [0.5, 0.6) is 0 Å². The van der Waals surface area contributed by atoms with Crippen LogP contribution >= 0.6 is 0 Å². The van der Waals surface area contributed by atoms with E-state index in [0.717, 1.165) is 5.34 Å². The molecular formula is NO2Sc-. The second-order valence-electron chi connectivity index (χ2n) is 0.0745. The van der Waals surface area contributed by atoms with E-state index >= 15 is 0 Å². The molecule has 21 valence electrons. The molecule has 0 atom stereocenters. The summed E-state index contributed by atoms with van der Waals surface area (Å²) in [6.45, 7) is 0. The quantitative estimate of drug-likeness (QED) is 0.317. The van der Waals surface area contributed by atoms with Crippen molar-refractivity contribution in [3.63, 3.8) is 0 Å². The predicted octanol–water partition coefficient (Wildman–Crippen LogP) is 0.248. The molecule has 0 aliphatic heterocycles. The Morgan fingerprint density at radius 1 is 1.75 bits per heavy atom. The summed E-state index contributed by atoms with van der Waals surface area (Å²) in [6, 6.07) is 0. The van der Waals surface area contributed by atoms with Gasteiger partial charge in [-0.05, 0) is 0 Å². The van der Waals surface area contributed by atoms with Crippen LogP contribution in [0.15, 0.2) is 5.34 Å². The van der Waals surface area contributed by atoms with Crippen molar-refractivity contribution in [2.75, 3.05) is 0 Å². The molecule has 0 aromatic rings. The summed E-state index contributed by atoms with van der Waals surface area (Å²) in [5, 5.41) is 9.00. The average molecular weight is 91.0 g/mol. The minimum atomic E-state index is 0. The van der Waals surface area contributed by atoms with Crippen molar-refractivity contribution in [2.45, 2.75) is 0 Å². The Kier molecular flexibility index (Phi) is 23.1. The van der Waals surface area contributed by atoms with Crippen molar-refractivity contribution in [2.24, 2.45) is 5.34 Å². The van der Waals surface area contributed by atoms with Gasteiger partial charge in [0, 0.05) is 25.8 Å². The molecule has 0 aliphatic carbocycles. The third-order valence-corrected chi connectivity index (χ3v) is 0. The summed E-state index contributed by atoms with van der Waals surface area (Å²) in [4.78, 5) is 8.00. The molecule has 4 heteroatoms. The molecule has 0 amide bonds. The van der Waals surface area contributed by atoms with Gasteiger partial charge in [-0.15, -0.1) is 5.34 Å². The van der Waals surface area contributed by atoms with E-state index in [4.69, 9.17) is 10.1 Å². The zero-order valence-corrected chi connectivity index (χ0v) is 3.64. The Balaban J connectivity index is 0. The Morgan fingerprint density at radius 2 is 1.75 bits per heavy atom. The second kappa shape index (κ2) is 10.4. The zero-order valence-electron chi connectivity index (χ0n) is 1.84. The van der Waals surface area contributed by atoms with E-state index in [0.29, 0.717) is 0 Å². The molecule has 0 N–H and O–H groups in total. The molecule has 3 nitrogen and oxygen atoms in total. The van der Waals surface area contributed by atoms with Gasteiger partial charge in [0.2, 0.25) is 0 Å². The average Bonchev–Trinajstić information content (AvgIpc) is 0.918. The van der Waals surface area contributed by atoms with E-state index in [1.165, 1.54) is 0 Å². The van der Waals surface area contributed by atoms with E-state index in [-0.39, 0.29) is 25.8 Å². The number of nitrogens with zero attached hydrogens (tertiary/aromatic N) is 1. The first-order chi connectivity index (χ1) is 1.41. The molecule has 0 spiro atoms. The van der Waals surface area contributed by atoms with E-state index < -0.39 is 0 Å². The molecule has 0 saturated carbocycles. The Labute approximate surface area is 41.7 Å². The van der Waals surface area contributed by atoms with Gasteiger partial charge in [0.15, 0.2) is 0 Å². The number of hydrogen-bond acceptors (Lipinski definition) is 3. The van der Waals surface area contributed by atoms with E-state index in [9.17, 15) is 0 Å². The Hall–Kier alpha value is 0.270. The Bertz CT molecular complexity index is 13.5. The molecule has 1 radical (unpaired) electrons. The smallest absolute Gasteiger partial charge is 0 e. The molecule has 0 aliphatic rings. The molecule has 0 fully saturated rings. The topological polar surface area (TPSA) is 52.5 Å². The van der Waals surface area contributed by atoms with Gasteiger partial charge < -0.3 is 10.1 Å². The van der Waals surface area contributed by atoms with Crippen LogP contribution in [0.25, 0.3) is 0 Å². The van der Waals surface area contributed by atoms with Crippen molar-refractivity contribution < 1.29 is 25.8 Å². The molecule has 0 heterocycles. The fraction of sp³-hybridized carbons (Fsp3) is 0. The van der Waals surface area contributed by atoms with Gasteiger partial charge in [-0.3, -0.25) is 0 Å². The van der Waals surface area contributed by atoms with Crippen LogP contribution in [0, 0.1) is 10.1 Å². The minimum Gasteiger partial charge on any atom is -0.444 e. The summed E-state index contributed by atoms with van der Waals surface area (Å²) < 4.78 is 0. The van der Waals surface area contributed by atoms with Crippen LogP contribution in [0.3, 0.4) is 0 Å². The third-order valence-electron chi connectivity index (χ3n) is 0. The second-order valence-corrected chi connectivity index (χ2v) is 0.0745. The fourth-order valence-electron chi connectivity index (χ4n) is 0. The summed E-state index contributed by atoms with van der Waals surface area (Å²) in [6.07, 6.45) is 0. The summed E-state index contributed by atoms with van der Waals surface area (Å²) in [7, 11) is 0. The van der Waals surface area contributed by atoms with Crippen LogP contribution in [-0.2, 0) is 25.8 Å². The summed E-state index contributed by atoms with van der Waals surface area (Å²) >= 11 is 0. The van der Waals surface area contributed by atoms with E-state index in [1.807, 2.05) is 0 Å². The van der Waals surface area contributed by atoms with Gasteiger partial charge in [0.25, 0.3) is 0 Å². The first-order valence-corrected chi connectivity index (χ1v) is 0.365. The molecule has 0 bridgehead atoms. The van der Waals surface area contributed by atoms with Crippen LogP contribution in [-0.4, -0.2) is 0 Å². The fourth-order valence-corrected chi connectivity index (χ4v) is 0. The van der Waals surface area contributed by atoms with Gasteiger partial charge >= 0.3 is 0 Å². The van der Waals surface area contributed by atoms with Gasteiger partial charge in [-0.2, -0.15) is 0 Å². The normalized spacial score (nSPS) is 3.00. The SMILES string of the molecule is O=N[O-].[Sc]. The number of hydrogen-bond donors (Lipinski definition) is 0. The maximum absolute atomic E-state index is 8.00. The first kappa shape index (κ1) is 8.86. The third kappa shape index (κ3) is 50.2. The molecule has 0 unspecified atom stereocenters. The van der Waals surface area contributed by atoms with Gasteiger partial charge in [-0.1, -0.05) is 0 Å². The molecule has 0 aromatic heterocycles. The molecule has 0 aromatic carbocycles. The summed E-state index contributed by atoms with van der Waals surface area (Å²) in [5.74, 6) is 0. The van der Waals surface area contributed by atoms with Crippen molar-refractivity contribution in [1.82, 2.24) is 0 Å². The molecule has 0 saturated heterocycles. The molecular weight excluding hydrogens is 91.0 g/mol.